The summed E-state index contributed by atoms with van der Waals surface area (Å²) >= 11 is 0. The van der Waals surface area contributed by atoms with E-state index in [9.17, 15) is 14.0 Å². The number of esters is 1. The standard InChI is InChI=1S/C14H16FNO3/c1-9(14(18)16-11-6-7-11)19-13(17)8-10-4-2-3-5-12(10)15/h2-5,9,11H,6-8H2,1H3,(H,16,18)/t9-/m0/s1. The number of rotatable bonds is 5. The molecule has 0 radical (unpaired) electrons. The highest BCUT2D eigenvalue weighted by molar-refractivity contribution is 5.84. The minimum Gasteiger partial charge on any atom is -0.452 e. The van der Waals surface area contributed by atoms with Crippen molar-refractivity contribution in [2.45, 2.75) is 38.3 Å². The second kappa shape index (κ2) is 5.82. The van der Waals surface area contributed by atoms with Crippen molar-refractivity contribution in [1.82, 2.24) is 5.32 Å². The quantitative estimate of drug-likeness (QED) is 0.822. The molecular formula is C14H16FNO3. The van der Waals surface area contributed by atoms with Gasteiger partial charge in [-0.1, -0.05) is 18.2 Å². The van der Waals surface area contributed by atoms with Crippen molar-refractivity contribution in [2.75, 3.05) is 0 Å². The second-order valence-corrected chi connectivity index (χ2v) is 4.68. The van der Waals surface area contributed by atoms with Gasteiger partial charge in [-0.2, -0.15) is 0 Å². The Bertz CT molecular complexity index is 485. The van der Waals surface area contributed by atoms with E-state index in [1.54, 1.807) is 12.1 Å². The fourth-order valence-electron chi connectivity index (χ4n) is 1.64. The van der Waals surface area contributed by atoms with Crippen molar-refractivity contribution in [1.29, 1.82) is 0 Å². The molecule has 0 aliphatic heterocycles. The summed E-state index contributed by atoms with van der Waals surface area (Å²) in [7, 11) is 0. The van der Waals surface area contributed by atoms with E-state index in [1.165, 1.54) is 19.1 Å². The van der Waals surface area contributed by atoms with Crippen LogP contribution < -0.4 is 5.32 Å². The molecule has 0 saturated heterocycles. The van der Waals surface area contributed by atoms with Crippen LogP contribution in [0.5, 0.6) is 0 Å². The van der Waals surface area contributed by atoms with Crippen molar-refractivity contribution < 1.29 is 18.7 Å². The molecule has 0 bridgehead atoms. The molecule has 0 spiro atoms. The summed E-state index contributed by atoms with van der Waals surface area (Å²) in [6.45, 7) is 1.51. The lowest BCUT2D eigenvalue weighted by atomic mass is 10.1. The Morgan fingerprint density at radius 2 is 2.11 bits per heavy atom. The Balaban J connectivity index is 1.83. The molecule has 1 aliphatic carbocycles. The lowest BCUT2D eigenvalue weighted by Crippen LogP contribution is -2.37. The van der Waals surface area contributed by atoms with E-state index >= 15 is 0 Å². The average Bonchev–Trinajstić information content (AvgIpc) is 3.16. The normalized spacial score (nSPS) is 15.7. The number of carbonyl (C=O) groups excluding carboxylic acids is 2. The molecule has 4 nitrogen and oxygen atoms in total. The van der Waals surface area contributed by atoms with Gasteiger partial charge in [0, 0.05) is 6.04 Å². The van der Waals surface area contributed by atoms with Crippen LogP contribution in [-0.4, -0.2) is 24.0 Å². The predicted octanol–water partition coefficient (Wildman–Crippen LogP) is 1.58. The maximum atomic E-state index is 13.3. The van der Waals surface area contributed by atoms with E-state index in [2.05, 4.69) is 5.32 Å². The molecule has 5 heteroatoms. The molecule has 1 atom stereocenters. The largest absolute Gasteiger partial charge is 0.452 e. The van der Waals surface area contributed by atoms with Crippen LogP contribution in [0.2, 0.25) is 0 Å². The average molecular weight is 265 g/mol. The second-order valence-electron chi connectivity index (χ2n) is 4.68. The van der Waals surface area contributed by atoms with Gasteiger partial charge in [-0.25, -0.2) is 4.39 Å². The van der Waals surface area contributed by atoms with Gasteiger partial charge in [-0.05, 0) is 31.4 Å². The molecule has 1 saturated carbocycles. The number of hydrogen-bond donors (Lipinski definition) is 1. The van der Waals surface area contributed by atoms with E-state index in [4.69, 9.17) is 4.74 Å². The molecule has 1 aromatic carbocycles. The number of halogens is 1. The third-order valence-electron chi connectivity index (χ3n) is 2.89. The zero-order chi connectivity index (χ0) is 13.8. The first kappa shape index (κ1) is 13.5. The summed E-state index contributed by atoms with van der Waals surface area (Å²) in [6, 6.07) is 6.22. The molecule has 0 unspecified atom stereocenters. The summed E-state index contributed by atoms with van der Waals surface area (Å²) in [4.78, 5) is 23.2. The van der Waals surface area contributed by atoms with Crippen molar-refractivity contribution >= 4 is 11.9 Å². The van der Waals surface area contributed by atoms with Crippen molar-refractivity contribution in [2.24, 2.45) is 0 Å². The van der Waals surface area contributed by atoms with Gasteiger partial charge >= 0.3 is 5.97 Å². The van der Waals surface area contributed by atoms with Crippen LogP contribution >= 0.6 is 0 Å². The lowest BCUT2D eigenvalue weighted by molar-refractivity contribution is -0.154. The molecule has 1 N–H and O–H groups in total. The van der Waals surface area contributed by atoms with Crippen LogP contribution in [0.4, 0.5) is 4.39 Å². The Labute approximate surface area is 110 Å². The van der Waals surface area contributed by atoms with Crippen LogP contribution in [0, 0.1) is 5.82 Å². The van der Waals surface area contributed by atoms with Gasteiger partial charge < -0.3 is 10.1 Å². The van der Waals surface area contributed by atoms with Gasteiger partial charge in [0.25, 0.3) is 5.91 Å². The van der Waals surface area contributed by atoms with Gasteiger partial charge in [0.1, 0.15) is 5.82 Å². The maximum Gasteiger partial charge on any atom is 0.311 e. The molecule has 1 aromatic rings. The Morgan fingerprint density at radius 1 is 1.42 bits per heavy atom. The van der Waals surface area contributed by atoms with Gasteiger partial charge in [-0.15, -0.1) is 0 Å². The van der Waals surface area contributed by atoms with E-state index in [0.717, 1.165) is 12.8 Å². The molecule has 1 fully saturated rings. The third kappa shape index (κ3) is 4.05. The summed E-state index contributed by atoms with van der Waals surface area (Å²) in [5.74, 6) is -1.36. The lowest BCUT2D eigenvalue weighted by Gasteiger charge is -2.13. The number of amides is 1. The van der Waals surface area contributed by atoms with Crippen LogP contribution in [0.25, 0.3) is 0 Å². The zero-order valence-corrected chi connectivity index (χ0v) is 10.7. The topological polar surface area (TPSA) is 55.4 Å². The summed E-state index contributed by atoms with van der Waals surface area (Å²) in [5.41, 5.74) is 0.266. The smallest absolute Gasteiger partial charge is 0.311 e. The number of ether oxygens (including phenoxy) is 1. The van der Waals surface area contributed by atoms with E-state index in [-0.39, 0.29) is 23.9 Å². The molecule has 0 heterocycles. The van der Waals surface area contributed by atoms with Crippen LogP contribution in [0.15, 0.2) is 24.3 Å². The summed E-state index contributed by atoms with van der Waals surface area (Å²) in [5, 5.41) is 2.74. The Kier molecular flexibility index (Phi) is 4.14. The third-order valence-corrected chi connectivity index (χ3v) is 2.89. The molecular weight excluding hydrogens is 249 g/mol. The van der Waals surface area contributed by atoms with Gasteiger partial charge in [0.15, 0.2) is 6.10 Å². The highest BCUT2D eigenvalue weighted by Gasteiger charge is 2.27. The van der Waals surface area contributed by atoms with Gasteiger partial charge in [0.2, 0.25) is 0 Å². The number of carbonyl (C=O) groups is 2. The molecule has 19 heavy (non-hydrogen) atoms. The van der Waals surface area contributed by atoms with Crippen molar-refractivity contribution in [3.8, 4) is 0 Å². The van der Waals surface area contributed by atoms with Crippen LogP contribution in [0.3, 0.4) is 0 Å². The number of benzene rings is 1. The molecule has 1 amide bonds. The highest BCUT2D eigenvalue weighted by atomic mass is 19.1. The van der Waals surface area contributed by atoms with E-state index in [0.29, 0.717) is 0 Å². The fourth-order valence-corrected chi connectivity index (χ4v) is 1.64. The number of nitrogens with one attached hydrogen (secondary N) is 1. The first-order valence-corrected chi connectivity index (χ1v) is 6.29. The van der Waals surface area contributed by atoms with Gasteiger partial charge in [0.05, 0.1) is 6.42 Å². The first-order chi connectivity index (χ1) is 9.06. The monoisotopic (exact) mass is 265 g/mol. The maximum absolute atomic E-state index is 13.3. The highest BCUT2D eigenvalue weighted by Crippen LogP contribution is 2.18. The summed E-state index contributed by atoms with van der Waals surface area (Å²) < 4.78 is 18.3. The SMILES string of the molecule is C[C@H](OC(=O)Cc1ccccc1F)C(=O)NC1CC1. The molecule has 2 rings (SSSR count). The Hall–Kier alpha value is -1.91. The van der Waals surface area contributed by atoms with Crippen LogP contribution in [-0.2, 0) is 20.7 Å². The van der Waals surface area contributed by atoms with E-state index < -0.39 is 17.9 Å². The zero-order valence-electron chi connectivity index (χ0n) is 10.7. The van der Waals surface area contributed by atoms with Crippen LogP contribution in [0.1, 0.15) is 25.3 Å². The minimum absolute atomic E-state index is 0.173. The Morgan fingerprint density at radius 3 is 2.74 bits per heavy atom. The summed E-state index contributed by atoms with van der Waals surface area (Å²) in [6.07, 6.45) is 0.927. The number of hydrogen-bond acceptors (Lipinski definition) is 3. The first-order valence-electron chi connectivity index (χ1n) is 6.29. The predicted molar refractivity (Wildman–Crippen MR) is 66.8 cm³/mol. The minimum atomic E-state index is -0.847. The van der Waals surface area contributed by atoms with Crippen molar-refractivity contribution in [3.63, 3.8) is 0 Å². The van der Waals surface area contributed by atoms with E-state index in [1.807, 2.05) is 0 Å². The molecule has 1 aliphatic rings. The van der Waals surface area contributed by atoms with Gasteiger partial charge in [-0.3, -0.25) is 9.59 Å². The molecule has 102 valence electrons. The van der Waals surface area contributed by atoms with Crippen molar-refractivity contribution in [3.05, 3.63) is 35.6 Å². The fraction of sp³-hybridized carbons (Fsp3) is 0.429. The molecule has 0 aromatic heterocycles.